The van der Waals surface area contributed by atoms with Gasteiger partial charge in [-0.2, -0.15) is 11.3 Å². The van der Waals surface area contributed by atoms with Gasteiger partial charge in [-0.3, -0.25) is 4.79 Å². The van der Waals surface area contributed by atoms with E-state index in [1.54, 1.807) is 11.3 Å². The van der Waals surface area contributed by atoms with Crippen molar-refractivity contribution in [1.82, 2.24) is 15.5 Å². The molecule has 1 amide bonds. The van der Waals surface area contributed by atoms with Gasteiger partial charge in [-0.1, -0.05) is 12.8 Å². The summed E-state index contributed by atoms with van der Waals surface area (Å²) in [5.74, 6) is 1.13. The van der Waals surface area contributed by atoms with Crippen LogP contribution in [0.3, 0.4) is 0 Å². The molecule has 1 aliphatic carbocycles. The molecule has 0 radical (unpaired) electrons. The predicted octanol–water partition coefficient (Wildman–Crippen LogP) is 2.40. The summed E-state index contributed by atoms with van der Waals surface area (Å²) in [7, 11) is 0. The van der Waals surface area contributed by atoms with Crippen molar-refractivity contribution in [2.75, 3.05) is 6.61 Å². The summed E-state index contributed by atoms with van der Waals surface area (Å²) in [6.07, 6.45) is 4.91. The molecule has 3 rings (SSSR count). The molecule has 2 heterocycles. The second-order valence-corrected chi connectivity index (χ2v) is 6.69. The van der Waals surface area contributed by atoms with Crippen molar-refractivity contribution in [3.63, 3.8) is 0 Å². The first kappa shape index (κ1) is 16.1. The van der Waals surface area contributed by atoms with Crippen LogP contribution < -0.4 is 5.32 Å². The topological polar surface area (TPSA) is 88.2 Å². The quantitative estimate of drug-likeness (QED) is 0.846. The Morgan fingerprint density at radius 3 is 3.04 bits per heavy atom. The molecule has 1 aliphatic rings. The number of rotatable bonds is 6. The predicted molar refractivity (Wildman–Crippen MR) is 86.9 cm³/mol. The van der Waals surface area contributed by atoms with E-state index in [0.717, 1.165) is 31.2 Å². The van der Waals surface area contributed by atoms with E-state index in [0.29, 0.717) is 24.6 Å². The van der Waals surface area contributed by atoms with Crippen molar-refractivity contribution in [3.05, 3.63) is 22.7 Å². The average Bonchev–Trinajstić information content (AvgIpc) is 3.24. The Balaban J connectivity index is 1.49. The Labute approximate surface area is 138 Å². The minimum atomic E-state index is -0.0226. The Hall–Kier alpha value is -1.73. The molecule has 1 saturated carbocycles. The number of aliphatic hydroxyl groups excluding tert-OH is 1. The molecule has 2 unspecified atom stereocenters. The standard InChI is InChI=1S/C16H21N3O3S/c20-9-11-3-1-2-4-13(11)17-14(21)5-6-15-18-19-16(22-15)12-7-8-23-10-12/h7-8,10-11,13,20H,1-6,9H2,(H,17,21). The molecule has 23 heavy (non-hydrogen) atoms. The molecule has 1 fully saturated rings. The first-order valence-corrected chi connectivity index (χ1v) is 8.95. The maximum absolute atomic E-state index is 12.1. The summed E-state index contributed by atoms with van der Waals surface area (Å²) < 4.78 is 5.58. The maximum Gasteiger partial charge on any atom is 0.248 e. The monoisotopic (exact) mass is 335 g/mol. The Morgan fingerprint density at radius 2 is 2.26 bits per heavy atom. The van der Waals surface area contributed by atoms with Gasteiger partial charge < -0.3 is 14.8 Å². The van der Waals surface area contributed by atoms with E-state index >= 15 is 0 Å². The Bertz CT molecular complexity index is 626. The van der Waals surface area contributed by atoms with Gasteiger partial charge in [-0.05, 0) is 24.3 Å². The molecular weight excluding hydrogens is 314 g/mol. The third kappa shape index (κ3) is 4.17. The van der Waals surface area contributed by atoms with E-state index in [1.165, 1.54) is 0 Å². The molecule has 2 N–H and O–H groups in total. The van der Waals surface area contributed by atoms with E-state index in [9.17, 15) is 9.90 Å². The van der Waals surface area contributed by atoms with Crippen molar-refractivity contribution >= 4 is 17.2 Å². The Morgan fingerprint density at radius 1 is 1.39 bits per heavy atom. The summed E-state index contributed by atoms with van der Waals surface area (Å²) in [6.45, 7) is 0.138. The summed E-state index contributed by atoms with van der Waals surface area (Å²) >= 11 is 1.57. The van der Waals surface area contributed by atoms with Crippen LogP contribution in [0.2, 0.25) is 0 Å². The van der Waals surface area contributed by atoms with Crippen LogP contribution in [0.25, 0.3) is 11.5 Å². The Kier molecular flexibility index (Phi) is 5.40. The highest BCUT2D eigenvalue weighted by Gasteiger charge is 2.25. The normalized spacial score (nSPS) is 21.3. The van der Waals surface area contributed by atoms with Crippen LogP contribution in [0.5, 0.6) is 0 Å². The lowest BCUT2D eigenvalue weighted by atomic mass is 9.85. The first-order chi connectivity index (χ1) is 11.3. The van der Waals surface area contributed by atoms with Crippen molar-refractivity contribution in [3.8, 4) is 11.5 Å². The van der Waals surface area contributed by atoms with Crippen molar-refractivity contribution < 1.29 is 14.3 Å². The van der Waals surface area contributed by atoms with Crippen LogP contribution in [0.4, 0.5) is 0 Å². The highest BCUT2D eigenvalue weighted by molar-refractivity contribution is 7.08. The lowest BCUT2D eigenvalue weighted by Crippen LogP contribution is -2.43. The number of amides is 1. The smallest absolute Gasteiger partial charge is 0.248 e. The van der Waals surface area contributed by atoms with Crippen LogP contribution in [-0.2, 0) is 11.2 Å². The van der Waals surface area contributed by atoms with Gasteiger partial charge in [0.2, 0.25) is 17.7 Å². The SMILES string of the molecule is O=C(CCc1nnc(-c2ccsc2)o1)NC1CCCCC1CO. The number of hydrogen-bond donors (Lipinski definition) is 2. The molecule has 2 atom stereocenters. The number of carbonyl (C=O) groups is 1. The zero-order valence-corrected chi connectivity index (χ0v) is 13.7. The molecule has 0 saturated heterocycles. The lowest BCUT2D eigenvalue weighted by molar-refractivity contribution is -0.122. The van der Waals surface area contributed by atoms with Gasteiger partial charge in [-0.25, -0.2) is 0 Å². The largest absolute Gasteiger partial charge is 0.421 e. The number of thiophene rings is 1. The van der Waals surface area contributed by atoms with Gasteiger partial charge in [0, 0.05) is 42.4 Å². The molecule has 2 aromatic rings. The minimum Gasteiger partial charge on any atom is -0.421 e. The third-order valence-electron chi connectivity index (χ3n) is 4.29. The highest BCUT2D eigenvalue weighted by Crippen LogP contribution is 2.24. The van der Waals surface area contributed by atoms with E-state index in [4.69, 9.17) is 4.42 Å². The summed E-state index contributed by atoms with van der Waals surface area (Å²) in [5, 5.41) is 24.3. The highest BCUT2D eigenvalue weighted by atomic mass is 32.1. The summed E-state index contributed by atoms with van der Waals surface area (Å²) in [4.78, 5) is 12.1. The van der Waals surface area contributed by atoms with E-state index in [2.05, 4.69) is 15.5 Å². The maximum atomic E-state index is 12.1. The van der Waals surface area contributed by atoms with Gasteiger partial charge >= 0.3 is 0 Å². The van der Waals surface area contributed by atoms with Crippen molar-refractivity contribution in [2.24, 2.45) is 5.92 Å². The second-order valence-electron chi connectivity index (χ2n) is 5.91. The second kappa shape index (κ2) is 7.70. The molecular formula is C16H21N3O3S. The molecule has 7 heteroatoms. The number of aryl methyl sites for hydroxylation is 1. The molecule has 124 valence electrons. The molecule has 2 aromatic heterocycles. The lowest BCUT2D eigenvalue weighted by Gasteiger charge is -2.30. The number of aromatic nitrogens is 2. The third-order valence-corrected chi connectivity index (χ3v) is 4.97. The fraction of sp³-hybridized carbons (Fsp3) is 0.562. The zero-order chi connectivity index (χ0) is 16.1. The van der Waals surface area contributed by atoms with Crippen LogP contribution in [0.1, 0.15) is 38.0 Å². The molecule has 0 bridgehead atoms. The molecule has 0 aliphatic heterocycles. The number of aliphatic hydroxyl groups is 1. The van der Waals surface area contributed by atoms with Crippen LogP contribution in [0.15, 0.2) is 21.2 Å². The van der Waals surface area contributed by atoms with Gasteiger partial charge in [0.15, 0.2) is 0 Å². The number of nitrogens with one attached hydrogen (secondary N) is 1. The van der Waals surface area contributed by atoms with Crippen molar-refractivity contribution in [2.45, 2.75) is 44.6 Å². The van der Waals surface area contributed by atoms with Gasteiger partial charge in [0.05, 0.1) is 0 Å². The van der Waals surface area contributed by atoms with Gasteiger partial charge in [0.25, 0.3) is 0 Å². The fourth-order valence-corrected chi connectivity index (χ4v) is 3.60. The molecule has 0 spiro atoms. The first-order valence-electron chi connectivity index (χ1n) is 8.01. The zero-order valence-electron chi connectivity index (χ0n) is 12.9. The van der Waals surface area contributed by atoms with Crippen LogP contribution in [-0.4, -0.2) is 33.9 Å². The number of carbonyl (C=O) groups excluding carboxylic acids is 1. The van der Waals surface area contributed by atoms with E-state index < -0.39 is 0 Å². The summed E-state index contributed by atoms with van der Waals surface area (Å²) in [6, 6.07) is 2.01. The van der Waals surface area contributed by atoms with Crippen LogP contribution in [0, 0.1) is 5.92 Å². The van der Waals surface area contributed by atoms with Gasteiger partial charge in [0.1, 0.15) is 0 Å². The fourth-order valence-electron chi connectivity index (χ4n) is 2.97. The molecule has 6 nitrogen and oxygen atoms in total. The van der Waals surface area contributed by atoms with Crippen LogP contribution >= 0.6 is 11.3 Å². The van der Waals surface area contributed by atoms with Gasteiger partial charge in [-0.15, -0.1) is 10.2 Å². The van der Waals surface area contributed by atoms with Crippen molar-refractivity contribution in [1.29, 1.82) is 0 Å². The molecule has 0 aromatic carbocycles. The number of nitrogens with zero attached hydrogens (tertiary/aromatic N) is 2. The van der Waals surface area contributed by atoms with E-state index in [-0.39, 0.29) is 24.5 Å². The number of hydrogen-bond acceptors (Lipinski definition) is 6. The minimum absolute atomic E-state index is 0.0226. The van der Waals surface area contributed by atoms with E-state index in [1.807, 2.05) is 16.8 Å². The summed E-state index contributed by atoms with van der Waals surface area (Å²) in [5.41, 5.74) is 0.909. The average molecular weight is 335 g/mol.